The maximum absolute atomic E-state index is 12.4. The van der Waals surface area contributed by atoms with E-state index < -0.39 is 5.97 Å². The molecule has 0 radical (unpaired) electrons. The molecule has 0 saturated heterocycles. The van der Waals surface area contributed by atoms with E-state index in [-0.39, 0.29) is 19.1 Å². The fraction of sp³-hybridized carbons (Fsp3) is 0.227. The van der Waals surface area contributed by atoms with Gasteiger partial charge in [-0.1, -0.05) is 24.3 Å². The van der Waals surface area contributed by atoms with E-state index in [2.05, 4.69) is 0 Å². The lowest BCUT2D eigenvalue weighted by Crippen LogP contribution is -2.33. The third-order valence-corrected chi connectivity index (χ3v) is 4.42. The van der Waals surface area contributed by atoms with Gasteiger partial charge in [0.25, 0.3) is 5.91 Å². The Morgan fingerprint density at radius 1 is 1.21 bits per heavy atom. The summed E-state index contributed by atoms with van der Waals surface area (Å²) < 4.78 is 15.5. The molecule has 2 aromatic rings. The first-order valence-corrected chi connectivity index (χ1v) is 9.03. The summed E-state index contributed by atoms with van der Waals surface area (Å²) in [5.41, 5.74) is 2.67. The van der Waals surface area contributed by atoms with Gasteiger partial charge in [-0.05, 0) is 41.8 Å². The third-order valence-electron chi connectivity index (χ3n) is 4.42. The average molecular weight is 392 g/mol. The Balaban J connectivity index is 1.55. The van der Waals surface area contributed by atoms with Gasteiger partial charge in [-0.2, -0.15) is 5.26 Å². The highest BCUT2D eigenvalue weighted by Crippen LogP contribution is 2.29. The molecule has 0 aliphatic carbocycles. The van der Waals surface area contributed by atoms with Crippen LogP contribution in [0.2, 0.25) is 0 Å². The van der Waals surface area contributed by atoms with Crippen LogP contribution in [0, 0.1) is 11.3 Å². The predicted octanol–water partition coefficient (Wildman–Crippen LogP) is 2.74. The summed E-state index contributed by atoms with van der Waals surface area (Å²) in [7, 11) is 1.48. The maximum atomic E-state index is 12.4. The molecule has 1 aliphatic heterocycles. The first kappa shape index (κ1) is 20.0. The van der Waals surface area contributed by atoms with E-state index in [4.69, 9.17) is 19.5 Å². The number of hydrogen-bond donors (Lipinski definition) is 0. The standard InChI is InChI=1S/C22H20N2O5/c1-27-20-14-16(6-8-19(20)28-13-11-23)7-9-22(26)29-15-21(25)24-12-10-17-4-2-3-5-18(17)24/h2-9,14H,10,12-13,15H2,1H3/b9-7+. The highest BCUT2D eigenvalue weighted by atomic mass is 16.5. The van der Waals surface area contributed by atoms with Gasteiger partial charge in [-0.3, -0.25) is 4.79 Å². The Hall–Kier alpha value is -3.79. The topological polar surface area (TPSA) is 88.9 Å². The van der Waals surface area contributed by atoms with Gasteiger partial charge in [-0.15, -0.1) is 0 Å². The lowest BCUT2D eigenvalue weighted by molar-refractivity contribution is -0.142. The number of rotatable bonds is 7. The maximum Gasteiger partial charge on any atom is 0.331 e. The zero-order valence-corrected chi connectivity index (χ0v) is 16.0. The number of amides is 1. The van der Waals surface area contributed by atoms with Gasteiger partial charge in [0.05, 0.1) is 7.11 Å². The number of fused-ring (bicyclic) bond motifs is 1. The molecule has 0 spiro atoms. The highest BCUT2D eigenvalue weighted by Gasteiger charge is 2.24. The number of carbonyl (C=O) groups is 2. The van der Waals surface area contributed by atoms with Crippen LogP contribution in [0.25, 0.3) is 6.08 Å². The van der Waals surface area contributed by atoms with Crippen LogP contribution in [0.1, 0.15) is 11.1 Å². The van der Waals surface area contributed by atoms with Crippen molar-refractivity contribution in [1.29, 1.82) is 5.26 Å². The summed E-state index contributed by atoms with van der Waals surface area (Å²) in [6, 6.07) is 14.6. The molecule has 3 rings (SSSR count). The lowest BCUT2D eigenvalue weighted by atomic mass is 10.2. The van der Waals surface area contributed by atoms with Crippen LogP contribution >= 0.6 is 0 Å². The minimum Gasteiger partial charge on any atom is -0.493 e. The van der Waals surface area contributed by atoms with E-state index in [1.54, 1.807) is 29.2 Å². The van der Waals surface area contributed by atoms with Crippen LogP contribution in [0.5, 0.6) is 11.5 Å². The van der Waals surface area contributed by atoms with Crippen molar-refractivity contribution in [3.8, 4) is 17.6 Å². The second-order valence-corrected chi connectivity index (χ2v) is 6.22. The fourth-order valence-electron chi connectivity index (χ4n) is 3.04. The Labute approximate surface area is 168 Å². The largest absolute Gasteiger partial charge is 0.493 e. The Bertz CT molecular complexity index is 977. The molecule has 1 heterocycles. The van der Waals surface area contributed by atoms with Crippen molar-refractivity contribution in [1.82, 2.24) is 0 Å². The van der Waals surface area contributed by atoms with Gasteiger partial charge in [0.15, 0.2) is 24.7 Å². The van der Waals surface area contributed by atoms with Gasteiger partial charge in [0.2, 0.25) is 0 Å². The number of methoxy groups -OCH3 is 1. The Morgan fingerprint density at radius 3 is 2.83 bits per heavy atom. The normalized spacial score (nSPS) is 12.3. The van der Waals surface area contributed by atoms with Crippen LogP contribution < -0.4 is 14.4 Å². The summed E-state index contributed by atoms with van der Waals surface area (Å²) in [5.74, 6) is 0.0101. The van der Waals surface area contributed by atoms with Crippen molar-refractivity contribution in [3.63, 3.8) is 0 Å². The zero-order chi connectivity index (χ0) is 20.6. The number of carbonyl (C=O) groups excluding carboxylic acids is 2. The minimum absolute atomic E-state index is 0.0899. The number of ether oxygens (including phenoxy) is 3. The molecule has 7 heteroatoms. The number of nitrogens with zero attached hydrogens (tertiary/aromatic N) is 2. The van der Waals surface area contributed by atoms with Crippen molar-refractivity contribution in [3.05, 3.63) is 59.7 Å². The molecule has 2 aromatic carbocycles. The average Bonchev–Trinajstić information content (AvgIpc) is 3.19. The fourth-order valence-corrected chi connectivity index (χ4v) is 3.04. The second-order valence-electron chi connectivity index (χ2n) is 6.22. The van der Waals surface area contributed by atoms with Crippen molar-refractivity contribution < 1.29 is 23.8 Å². The summed E-state index contributed by atoms with van der Waals surface area (Å²) in [4.78, 5) is 26.0. The van der Waals surface area contributed by atoms with Crippen LogP contribution in [0.3, 0.4) is 0 Å². The van der Waals surface area contributed by atoms with E-state index in [0.717, 1.165) is 17.7 Å². The van der Waals surface area contributed by atoms with E-state index in [1.807, 2.05) is 30.3 Å². The number of benzene rings is 2. The van der Waals surface area contributed by atoms with Crippen LogP contribution in [-0.2, 0) is 20.7 Å². The molecular weight excluding hydrogens is 372 g/mol. The molecular formula is C22H20N2O5. The van der Waals surface area contributed by atoms with Crippen LogP contribution in [0.15, 0.2) is 48.5 Å². The molecule has 0 N–H and O–H groups in total. The van der Waals surface area contributed by atoms with E-state index in [9.17, 15) is 9.59 Å². The van der Waals surface area contributed by atoms with Gasteiger partial charge >= 0.3 is 5.97 Å². The number of nitriles is 1. The monoisotopic (exact) mass is 392 g/mol. The van der Waals surface area contributed by atoms with Crippen molar-refractivity contribution in [2.75, 3.05) is 31.8 Å². The molecule has 148 valence electrons. The van der Waals surface area contributed by atoms with Crippen LogP contribution in [0.4, 0.5) is 5.69 Å². The molecule has 0 saturated carbocycles. The molecule has 29 heavy (non-hydrogen) atoms. The number of esters is 1. The minimum atomic E-state index is -0.616. The SMILES string of the molecule is COc1cc(/C=C/C(=O)OCC(=O)N2CCc3ccccc32)ccc1OCC#N. The van der Waals surface area contributed by atoms with E-state index in [1.165, 1.54) is 13.2 Å². The first-order chi connectivity index (χ1) is 14.1. The molecule has 0 unspecified atom stereocenters. The Kier molecular flexibility index (Phi) is 6.48. The highest BCUT2D eigenvalue weighted by molar-refractivity contribution is 5.98. The van der Waals surface area contributed by atoms with Gasteiger partial charge in [-0.25, -0.2) is 4.79 Å². The number of hydrogen-bond acceptors (Lipinski definition) is 6. The van der Waals surface area contributed by atoms with Gasteiger partial charge < -0.3 is 19.1 Å². The number of para-hydroxylation sites is 1. The first-order valence-electron chi connectivity index (χ1n) is 9.03. The molecule has 7 nitrogen and oxygen atoms in total. The molecule has 0 aromatic heterocycles. The van der Waals surface area contributed by atoms with Crippen molar-refractivity contribution in [2.45, 2.75) is 6.42 Å². The molecule has 1 amide bonds. The lowest BCUT2D eigenvalue weighted by Gasteiger charge is -2.16. The second kappa shape index (κ2) is 9.42. The van der Waals surface area contributed by atoms with E-state index >= 15 is 0 Å². The summed E-state index contributed by atoms with van der Waals surface area (Å²) in [6.07, 6.45) is 3.59. The van der Waals surface area contributed by atoms with Crippen molar-refractivity contribution >= 4 is 23.6 Å². The van der Waals surface area contributed by atoms with Crippen molar-refractivity contribution in [2.24, 2.45) is 0 Å². The Morgan fingerprint density at radius 2 is 2.03 bits per heavy atom. The number of anilines is 1. The van der Waals surface area contributed by atoms with Crippen LogP contribution in [-0.4, -0.2) is 38.7 Å². The summed E-state index contributed by atoms with van der Waals surface area (Å²) in [5, 5.41) is 8.59. The molecule has 0 bridgehead atoms. The van der Waals surface area contributed by atoms with E-state index in [0.29, 0.717) is 23.6 Å². The summed E-state index contributed by atoms with van der Waals surface area (Å²) >= 11 is 0. The third kappa shape index (κ3) is 4.93. The van der Waals surface area contributed by atoms with Gasteiger partial charge in [0, 0.05) is 18.3 Å². The smallest absolute Gasteiger partial charge is 0.331 e. The molecule has 0 atom stereocenters. The zero-order valence-electron chi connectivity index (χ0n) is 16.0. The van der Waals surface area contributed by atoms with Gasteiger partial charge in [0.1, 0.15) is 6.07 Å². The molecule has 1 aliphatic rings. The predicted molar refractivity (Wildman–Crippen MR) is 107 cm³/mol. The quantitative estimate of drug-likeness (QED) is 0.532. The summed E-state index contributed by atoms with van der Waals surface area (Å²) in [6.45, 7) is 0.181. The molecule has 0 fully saturated rings.